The highest BCUT2D eigenvalue weighted by Gasteiger charge is 2.15. The summed E-state index contributed by atoms with van der Waals surface area (Å²) in [6, 6.07) is 20.3. The van der Waals surface area contributed by atoms with Crippen LogP contribution in [0.4, 0.5) is 5.69 Å². The molecule has 0 radical (unpaired) electrons. The first-order valence-electron chi connectivity index (χ1n) is 10.4. The number of carbonyl (C=O) groups is 2. The van der Waals surface area contributed by atoms with Gasteiger partial charge in [-0.15, -0.1) is 0 Å². The van der Waals surface area contributed by atoms with E-state index in [0.717, 1.165) is 16.8 Å². The van der Waals surface area contributed by atoms with Gasteiger partial charge in [-0.25, -0.2) is 9.78 Å². The molecule has 0 bridgehead atoms. The van der Waals surface area contributed by atoms with Gasteiger partial charge >= 0.3 is 5.97 Å². The van der Waals surface area contributed by atoms with Crippen LogP contribution >= 0.6 is 0 Å². The molecule has 4 rings (SSSR count). The maximum atomic E-state index is 12.7. The average molecular weight is 428 g/mol. The van der Waals surface area contributed by atoms with Crippen LogP contribution in [0.15, 0.2) is 73.1 Å². The lowest BCUT2D eigenvalue weighted by Crippen LogP contribution is -2.15. The predicted molar refractivity (Wildman–Crippen MR) is 126 cm³/mol. The van der Waals surface area contributed by atoms with Crippen LogP contribution in [0.25, 0.3) is 16.7 Å². The second-order valence-corrected chi connectivity index (χ2v) is 8.81. The minimum Gasteiger partial charge on any atom is -0.478 e. The largest absolute Gasteiger partial charge is 0.478 e. The molecule has 0 aliphatic heterocycles. The van der Waals surface area contributed by atoms with E-state index in [2.05, 4.69) is 43.2 Å². The van der Waals surface area contributed by atoms with E-state index in [1.807, 2.05) is 34.9 Å². The van der Waals surface area contributed by atoms with E-state index < -0.39 is 5.97 Å². The van der Waals surface area contributed by atoms with Gasteiger partial charge in [-0.2, -0.15) is 0 Å². The Morgan fingerprint density at radius 3 is 2.28 bits per heavy atom. The Kier molecular flexibility index (Phi) is 5.53. The van der Waals surface area contributed by atoms with Crippen LogP contribution in [-0.4, -0.2) is 26.5 Å². The molecular formula is C26H25N3O3. The zero-order valence-electron chi connectivity index (χ0n) is 18.3. The van der Waals surface area contributed by atoms with Gasteiger partial charge < -0.3 is 10.4 Å². The van der Waals surface area contributed by atoms with Gasteiger partial charge in [0, 0.05) is 5.69 Å². The number of anilines is 1. The Morgan fingerprint density at radius 1 is 0.969 bits per heavy atom. The molecule has 32 heavy (non-hydrogen) atoms. The second-order valence-electron chi connectivity index (χ2n) is 8.81. The molecule has 6 heteroatoms. The third-order valence-corrected chi connectivity index (χ3v) is 5.43. The molecule has 0 unspecified atom stereocenters. The number of carboxylic acids is 1. The highest BCUT2D eigenvalue weighted by Crippen LogP contribution is 2.26. The molecular weight excluding hydrogens is 402 g/mol. The fourth-order valence-electron chi connectivity index (χ4n) is 3.61. The normalized spacial score (nSPS) is 11.5. The van der Waals surface area contributed by atoms with Crippen molar-refractivity contribution in [2.75, 3.05) is 5.32 Å². The van der Waals surface area contributed by atoms with E-state index in [9.17, 15) is 9.59 Å². The summed E-state index contributed by atoms with van der Waals surface area (Å²) in [6.45, 7) is 6.49. The van der Waals surface area contributed by atoms with Gasteiger partial charge in [-0.05, 0) is 52.9 Å². The highest BCUT2D eigenvalue weighted by atomic mass is 16.4. The first kappa shape index (κ1) is 21.3. The SMILES string of the molecule is CC(C)(C)c1ccc(CC(=O)Nc2cccc3c2ncn3-c2ccc(C(=O)O)cc2)cc1. The van der Waals surface area contributed by atoms with E-state index in [4.69, 9.17) is 5.11 Å². The number of hydrogen-bond donors (Lipinski definition) is 2. The Bertz CT molecular complexity index is 1280. The Hall–Kier alpha value is -3.93. The first-order chi connectivity index (χ1) is 15.2. The van der Waals surface area contributed by atoms with Crippen molar-refractivity contribution >= 4 is 28.6 Å². The number of nitrogens with zero attached hydrogens (tertiary/aromatic N) is 2. The van der Waals surface area contributed by atoms with Crippen molar-refractivity contribution in [3.05, 3.63) is 89.7 Å². The zero-order valence-corrected chi connectivity index (χ0v) is 18.3. The number of hydrogen-bond acceptors (Lipinski definition) is 3. The highest BCUT2D eigenvalue weighted by molar-refractivity contribution is 6.00. The van der Waals surface area contributed by atoms with E-state index in [-0.39, 0.29) is 23.3 Å². The van der Waals surface area contributed by atoms with Crippen molar-refractivity contribution in [2.24, 2.45) is 0 Å². The molecule has 0 saturated heterocycles. The summed E-state index contributed by atoms with van der Waals surface area (Å²) in [4.78, 5) is 28.3. The summed E-state index contributed by atoms with van der Waals surface area (Å²) in [7, 11) is 0. The van der Waals surface area contributed by atoms with Crippen molar-refractivity contribution in [3.63, 3.8) is 0 Å². The zero-order chi connectivity index (χ0) is 22.9. The maximum absolute atomic E-state index is 12.7. The van der Waals surface area contributed by atoms with Crippen LogP contribution in [0.1, 0.15) is 42.3 Å². The fraction of sp³-hybridized carbons (Fsp3) is 0.192. The number of imidazole rings is 1. The fourth-order valence-corrected chi connectivity index (χ4v) is 3.61. The summed E-state index contributed by atoms with van der Waals surface area (Å²) in [6.07, 6.45) is 1.94. The van der Waals surface area contributed by atoms with Crippen LogP contribution in [0, 0.1) is 0 Å². The number of carboxylic acid groups (broad SMARTS) is 1. The minimum atomic E-state index is -0.968. The smallest absolute Gasteiger partial charge is 0.335 e. The van der Waals surface area contributed by atoms with Gasteiger partial charge in [-0.3, -0.25) is 9.36 Å². The second kappa shape index (κ2) is 8.30. The third kappa shape index (κ3) is 4.39. The average Bonchev–Trinajstić information content (AvgIpc) is 3.19. The van der Waals surface area contributed by atoms with E-state index in [0.29, 0.717) is 11.2 Å². The van der Waals surface area contributed by atoms with Gasteiger partial charge in [0.15, 0.2) is 0 Å². The van der Waals surface area contributed by atoms with Gasteiger partial charge in [-0.1, -0.05) is 51.1 Å². The molecule has 0 fully saturated rings. The first-order valence-corrected chi connectivity index (χ1v) is 10.4. The summed E-state index contributed by atoms with van der Waals surface area (Å²) in [5, 5.41) is 12.1. The Morgan fingerprint density at radius 2 is 1.66 bits per heavy atom. The predicted octanol–water partition coefficient (Wildman–Crippen LogP) is 5.20. The number of aromatic carboxylic acids is 1. The number of amides is 1. The van der Waals surface area contributed by atoms with Crippen LogP contribution < -0.4 is 5.32 Å². The summed E-state index contributed by atoms with van der Waals surface area (Å²) in [5.74, 6) is -1.08. The number of aromatic nitrogens is 2. The molecule has 0 atom stereocenters. The van der Waals surface area contributed by atoms with Crippen molar-refractivity contribution < 1.29 is 14.7 Å². The number of benzene rings is 3. The van der Waals surface area contributed by atoms with E-state index >= 15 is 0 Å². The Balaban J connectivity index is 1.54. The molecule has 0 aliphatic carbocycles. The van der Waals surface area contributed by atoms with E-state index in [1.165, 1.54) is 5.56 Å². The number of fused-ring (bicyclic) bond motifs is 1. The topological polar surface area (TPSA) is 84.2 Å². The van der Waals surface area contributed by atoms with Crippen LogP contribution in [0.5, 0.6) is 0 Å². The molecule has 0 saturated carbocycles. The molecule has 3 aromatic carbocycles. The molecule has 6 nitrogen and oxygen atoms in total. The summed E-state index contributed by atoms with van der Waals surface area (Å²) in [5.41, 5.74) is 5.40. The molecule has 2 N–H and O–H groups in total. The lowest BCUT2D eigenvalue weighted by Gasteiger charge is -2.19. The molecule has 0 spiro atoms. The van der Waals surface area contributed by atoms with Gasteiger partial charge in [0.2, 0.25) is 5.91 Å². The number of para-hydroxylation sites is 1. The molecule has 1 amide bonds. The third-order valence-electron chi connectivity index (χ3n) is 5.43. The minimum absolute atomic E-state index is 0.0726. The van der Waals surface area contributed by atoms with Crippen molar-refractivity contribution in [2.45, 2.75) is 32.6 Å². The molecule has 4 aromatic rings. The summed E-state index contributed by atoms with van der Waals surface area (Å²) >= 11 is 0. The molecule has 0 aliphatic rings. The standard InChI is InChI=1S/C26H25N3O3/c1-26(2,3)19-11-7-17(8-12-19)15-23(30)28-21-5-4-6-22-24(21)27-16-29(22)20-13-9-18(10-14-20)25(31)32/h4-14,16H,15H2,1-3H3,(H,28,30)(H,31,32). The van der Waals surface area contributed by atoms with Crippen LogP contribution in [0.3, 0.4) is 0 Å². The van der Waals surface area contributed by atoms with Crippen molar-refractivity contribution in [1.82, 2.24) is 9.55 Å². The molecule has 1 heterocycles. The Labute approximate surface area is 186 Å². The lowest BCUT2D eigenvalue weighted by molar-refractivity contribution is -0.115. The van der Waals surface area contributed by atoms with Gasteiger partial charge in [0.1, 0.15) is 11.8 Å². The van der Waals surface area contributed by atoms with Crippen molar-refractivity contribution in [1.29, 1.82) is 0 Å². The van der Waals surface area contributed by atoms with Gasteiger partial charge in [0.25, 0.3) is 0 Å². The quantitative estimate of drug-likeness (QED) is 0.458. The molecule has 1 aromatic heterocycles. The lowest BCUT2D eigenvalue weighted by atomic mass is 9.86. The summed E-state index contributed by atoms with van der Waals surface area (Å²) < 4.78 is 1.86. The maximum Gasteiger partial charge on any atom is 0.335 e. The number of nitrogens with one attached hydrogen (secondary N) is 1. The number of carbonyl (C=O) groups excluding carboxylic acids is 1. The van der Waals surface area contributed by atoms with E-state index in [1.54, 1.807) is 30.6 Å². The van der Waals surface area contributed by atoms with Crippen molar-refractivity contribution in [3.8, 4) is 5.69 Å². The number of rotatable bonds is 5. The van der Waals surface area contributed by atoms with Crippen LogP contribution in [-0.2, 0) is 16.6 Å². The monoisotopic (exact) mass is 427 g/mol. The van der Waals surface area contributed by atoms with Crippen LogP contribution in [0.2, 0.25) is 0 Å². The molecule has 162 valence electrons. The van der Waals surface area contributed by atoms with Gasteiger partial charge in [0.05, 0.1) is 23.2 Å².